The highest BCUT2D eigenvalue weighted by molar-refractivity contribution is 7.80. The average Bonchev–Trinajstić information content (AvgIpc) is 3.30. The van der Waals surface area contributed by atoms with Crippen LogP contribution in [-0.2, 0) is 25.6 Å². The van der Waals surface area contributed by atoms with Crippen molar-refractivity contribution >= 4 is 53.2 Å². The summed E-state index contributed by atoms with van der Waals surface area (Å²) >= 11 is 4.20. The van der Waals surface area contributed by atoms with Crippen molar-refractivity contribution in [1.82, 2.24) is 20.9 Å². The van der Waals surface area contributed by atoms with Crippen LogP contribution in [0.25, 0.3) is 10.9 Å². The first-order chi connectivity index (χ1) is 18.9. The minimum absolute atomic E-state index is 0.0457. The van der Waals surface area contributed by atoms with E-state index in [0.29, 0.717) is 12.8 Å². The van der Waals surface area contributed by atoms with Crippen molar-refractivity contribution in [1.29, 1.82) is 0 Å². The third kappa shape index (κ3) is 10.1. The van der Waals surface area contributed by atoms with Crippen LogP contribution in [0.3, 0.4) is 0 Å². The lowest BCUT2D eigenvalue weighted by atomic mass is 10.0. The summed E-state index contributed by atoms with van der Waals surface area (Å²) in [5.74, 6) is -3.09. The number of hydrogen-bond acceptors (Lipinski definition) is 7. The monoisotopic (exact) mass is 576 g/mol. The van der Waals surface area contributed by atoms with Crippen molar-refractivity contribution in [3.63, 3.8) is 0 Å². The number of carboxylic acid groups (broad SMARTS) is 1. The molecule has 0 saturated carbocycles. The van der Waals surface area contributed by atoms with E-state index in [2.05, 4.69) is 38.6 Å². The number of fused-ring (bicyclic) bond motifs is 1. The van der Waals surface area contributed by atoms with E-state index in [9.17, 15) is 24.3 Å². The first-order valence-corrected chi connectivity index (χ1v) is 13.7. The standard InChI is InChI=1S/C26H40N8O5S/c1-14(2)10-17(27)22(35)34-21(13-40)24(37)33-20(11-15-12-31-18-7-4-3-6-16(15)18)23(36)32-19(25(38)39)8-5-9-30-26(28)29/h3-4,6-7,12,14,17,19-21,31,40H,5,8-11,13,27H2,1-2H3,(H,32,36)(H,33,37)(H,34,35)(H,38,39)(H4,28,29,30). The number of aromatic nitrogens is 1. The number of carbonyl (C=O) groups is 4. The van der Waals surface area contributed by atoms with E-state index >= 15 is 0 Å². The SMILES string of the molecule is CC(C)CC(N)C(=O)NC(CS)C(=O)NC(Cc1c[nH]c2ccccc12)C(=O)NC(CCCN=C(N)N)C(=O)O. The molecule has 0 bridgehead atoms. The van der Waals surface area contributed by atoms with E-state index in [1.165, 1.54) is 0 Å². The number of carboxylic acids is 1. The molecule has 14 heteroatoms. The molecule has 0 spiro atoms. The van der Waals surface area contributed by atoms with Crippen molar-refractivity contribution < 1.29 is 24.3 Å². The van der Waals surface area contributed by atoms with Crippen molar-refractivity contribution in [2.45, 2.75) is 63.7 Å². The van der Waals surface area contributed by atoms with Crippen LogP contribution in [0.4, 0.5) is 0 Å². The minimum atomic E-state index is -1.24. The zero-order valence-corrected chi connectivity index (χ0v) is 23.6. The van der Waals surface area contributed by atoms with Crippen molar-refractivity contribution in [2.75, 3.05) is 12.3 Å². The van der Waals surface area contributed by atoms with Gasteiger partial charge in [-0.25, -0.2) is 4.79 Å². The Balaban J connectivity index is 2.23. The Bertz CT molecular complexity index is 1200. The first-order valence-electron chi connectivity index (χ1n) is 13.0. The fourth-order valence-electron chi connectivity index (χ4n) is 4.12. The van der Waals surface area contributed by atoms with Gasteiger partial charge in [-0.1, -0.05) is 32.0 Å². The molecule has 13 nitrogen and oxygen atoms in total. The Morgan fingerprint density at radius 2 is 1.62 bits per heavy atom. The number of nitrogens with zero attached hydrogens (tertiary/aromatic N) is 1. The van der Waals surface area contributed by atoms with Gasteiger partial charge in [0.25, 0.3) is 0 Å². The molecule has 0 aliphatic rings. The lowest BCUT2D eigenvalue weighted by molar-refractivity contribution is -0.142. The number of thiol groups is 1. The van der Waals surface area contributed by atoms with Crippen LogP contribution < -0.4 is 33.2 Å². The number of amides is 3. The van der Waals surface area contributed by atoms with Gasteiger partial charge in [0.15, 0.2) is 5.96 Å². The number of para-hydroxylation sites is 1. The number of nitrogens with two attached hydrogens (primary N) is 3. The summed E-state index contributed by atoms with van der Waals surface area (Å²) < 4.78 is 0. The number of aliphatic carboxylic acids is 1. The van der Waals surface area contributed by atoms with Gasteiger partial charge < -0.3 is 43.2 Å². The van der Waals surface area contributed by atoms with Gasteiger partial charge in [0.2, 0.25) is 17.7 Å². The van der Waals surface area contributed by atoms with E-state index in [0.717, 1.165) is 16.5 Å². The fourth-order valence-corrected chi connectivity index (χ4v) is 4.38. The topological polar surface area (TPSA) is 231 Å². The Labute approximate surface area is 238 Å². The molecule has 220 valence electrons. The van der Waals surface area contributed by atoms with Gasteiger partial charge in [-0.15, -0.1) is 0 Å². The lowest BCUT2D eigenvalue weighted by Gasteiger charge is -2.25. The van der Waals surface area contributed by atoms with Gasteiger partial charge in [0.1, 0.15) is 18.1 Å². The number of nitrogens with one attached hydrogen (secondary N) is 4. The molecule has 1 heterocycles. The number of guanidine groups is 1. The number of carbonyl (C=O) groups excluding carboxylic acids is 3. The number of hydrogen-bond donors (Lipinski definition) is 9. The van der Waals surface area contributed by atoms with Crippen LogP contribution >= 0.6 is 12.6 Å². The van der Waals surface area contributed by atoms with Gasteiger partial charge in [-0.05, 0) is 36.8 Å². The molecule has 0 aliphatic heterocycles. The molecule has 1 aromatic heterocycles. The van der Waals surface area contributed by atoms with Crippen molar-refractivity contribution in [3.05, 3.63) is 36.0 Å². The molecule has 40 heavy (non-hydrogen) atoms. The summed E-state index contributed by atoms with van der Waals surface area (Å²) in [6.45, 7) is 4.05. The smallest absolute Gasteiger partial charge is 0.326 e. The highest BCUT2D eigenvalue weighted by Gasteiger charge is 2.30. The van der Waals surface area contributed by atoms with Crippen LogP contribution in [0.2, 0.25) is 0 Å². The molecule has 0 radical (unpaired) electrons. The summed E-state index contributed by atoms with van der Waals surface area (Å²) in [6, 6.07) is 3.17. The average molecular weight is 577 g/mol. The van der Waals surface area contributed by atoms with Gasteiger partial charge in [0, 0.05) is 35.8 Å². The molecule has 1 aromatic carbocycles. The van der Waals surface area contributed by atoms with Crippen LogP contribution in [0.15, 0.2) is 35.5 Å². The van der Waals surface area contributed by atoms with Crippen LogP contribution in [0, 0.1) is 5.92 Å². The predicted molar refractivity (Wildman–Crippen MR) is 157 cm³/mol. The molecule has 2 aromatic rings. The van der Waals surface area contributed by atoms with Gasteiger partial charge in [0.05, 0.1) is 6.04 Å². The van der Waals surface area contributed by atoms with Crippen LogP contribution in [0.1, 0.15) is 38.7 Å². The number of rotatable bonds is 16. The quantitative estimate of drug-likeness (QED) is 0.0551. The summed E-state index contributed by atoms with van der Waals surface area (Å²) in [5, 5.41) is 18.3. The molecule has 0 aliphatic carbocycles. The number of aromatic amines is 1. The maximum atomic E-state index is 13.4. The molecule has 4 atom stereocenters. The second-order valence-corrected chi connectivity index (χ2v) is 10.3. The fraction of sp³-hybridized carbons (Fsp3) is 0.500. The maximum Gasteiger partial charge on any atom is 0.326 e. The van der Waals surface area contributed by atoms with Gasteiger partial charge >= 0.3 is 5.97 Å². The second-order valence-electron chi connectivity index (χ2n) is 9.95. The van der Waals surface area contributed by atoms with E-state index in [-0.39, 0.29) is 37.0 Å². The molecule has 11 N–H and O–H groups in total. The molecular formula is C26H40N8O5S. The molecule has 4 unspecified atom stereocenters. The summed E-state index contributed by atoms with van der Waals surface area (Å²) in [6.07, 6.45) is 2.58. The molecule has 2 rings (SSSR count). The zero-order chi connectivity index (χ0) is 29.8. The minimum Gasteiger partial charge on any atom is -0.480 e. The summed E-state index contributed by atoms with van der Waals surface area (Å²) in [4.78, 5) is 57.9. The van der Waals surface area contributed by atoms with Gasteiger partial charge in [-0.2, -0.15) is 12.6 Å². The van der Waals surface area contributed by atoms with E-state index in [1.54, 1.807) is 6.20 Å². The maximum absolute atomic E-state index is 13.4. The van der Waals surface area contributed by atoms with Gasteiger partial charge in [-0.3, -0.25) is 19.4 Å². The highest BCUT2D eigenvalue weighted by atomic mass is 32.1. The number of H-pyrrole nitrogens is 1. The Morgan fingerprint density at radius 3 is 2.25 bits per heavy atom. The lowest BCUT2D eigenvalue weighted by Crippen LogP contribution is -2.58. The van der Waals surface area contributed by atoms with Crippen molar-refractivity contribution in [2.24, 2.45) is 28.1 Å². The molecule has 0 fully saturated rings. The van der Waals surface area contributed by atoms with E-state index in [4.69, 9.17) is 17.2 Å². The number of aliphatic imine (C=N–C) groups is 1. The highest BCUT2D eigenvalue weighted by Crippen LogP contribution is 2.19. The first kappa shape index (κ1) is 32.4. The van der Waals surface area contributed by atoms with Crippen LogP contribution in [0.5, 0.6) is 0 Å². The summed E-state index contributed by atoms with van der Waals surface area (Å²) in [7, 11) is 0. The second kappa shape index (κ2) is 15.7. The molecular weight excluding hydrogens is 536 g/mol. The summed E-state index contributed by atoms with van der Waals surface area (Å²) in [5.41, 5.74) is 18.1. The van der Waals surface area contributed by atoms with Crippen molar-refractivity contribution in [3.8, 4) is 0 Å². The normalized spacial score (nSPS) is 14.1. The van der Waals surface area contributed by atoms with Crippen LogP contribution in [-0.4, -0.2) is 76.2 Å². The van der Waals surface area contributed by atoms with E-state index < -0.39 is 47.9 Å². The predicted octanol–water partition coefficient (Wildman–Crippen LogP) is -0.394. The Hall–Kier alpha value is -3.78. The zero-order valence-electron chi connectivity index (χ0n) is 22.7. The van der Waals surface area contributed by atoms with E-state index in [1.807, 2.05) is 38.1 Å². The third-order valence-corrected chi connectivity index (χ3v) is 6.53. The number of benzene rings is 1. The molecule has 3 amide bonds. The molecule has 0 saturated heterocycles. The largest absolute Gasteiger partial charge is 0.480 e. The third-order valence-electron chi connectivity index (χ3n) is 6.17. The Kier molecular flexibility index (Phi) is 12.7. The Morgan fingerprint density at radius 1 is 1.00 bits per heavy atom.